The molecule has 1 saturated heterocycles. The van der Waals surface area contributed by atoms with Gasteiger partial charge in [-0.15, -0.1) is 0 Å². The number of likely N-dealkylation sites (N-methyl/N-ethyl adjacent to an activating group) is 3. The maximum absolute atomic E-state index is 3.45. The van der Waals surface area contributed by atoms with Gasteiger partial charge in [-0.25, -0.2) is 0 Å². The van der Waals surface area contributed by atoms with Gasteiger partial charge in [-0.1, -0.05) is 20.8 Å². The van der Waals surface area contributed by atoms with Crippen molar-refractivity contribution in [2.24, 2.45) is 5.41 Å². The SMILES string of the molecule is CNC(CN(C)CC1CCCN1C)C(C)(C)C. The molecule has 0 aromatic heterocycles. The fourth-order valence-electron chi connectivity index (χ4n) is 2.75. The Balaban J connectivity index is 2.40. The molecule has 1 fully saturated rings. The van der Waals surface area contributed by atoms with E-state index in [1.54, 1.807) is 0 Å². The Bertz CT molecular complexity index is 222. The standard InChI is InChI=1S/C14H31N3/c1-14(2,3)13(15-4)11-16(5)10-12-8-7-9-17(12)6/h12-13,15H,7-11H2,1-6H3. The van der Waals surface area contributed by atoms with Crippen molar-refractivity contribution in [3.05, 3.63) is 0 Å². The van der Waals surface area contributed by atoms with Crippen LogP contribution in [0, 0.1) is 5.41 Å². The lowest BCUT2D eigenvalue weighted by Gasteiger charge is -2.35. The van der Waals surface area contributed by atoms with Crippen LogP contribution in [0.5, 0.6) is 0 Å². The van der Waals surface area contributed by atoms with Gasteiger partial charge in [-0.3, -0.25) is 0 Å². The molecule has 0 amide bonds. The van der Waals surface area contributed by atoms with Crippen LogP contribution in [-0.4, -0.2) is 62.7 Å². The molecule has 2 atom stereocenters. The highest BCUT2D eigenvalue weighted by atomic mass is 15.2. The molecule has 0 aromatic rings. The van der Waals surface area contributed by atoms with Crippen molar-refractivity contribution in [3.8, 4) is 0 Å². The third kappa shape index (κ3) is 4.57. The van der Waals surface area contributed by atoms with E-state index in [4.69, 9.17) is 0 Å². The van der Waals surface area contributed by atoms with Gasteiger partial charge in [-0.2, -0.15) is 0 Å². The summed E-state index contributed by atoms with van der Waals surface area (Å²) in [6.45, 7) is 10.5. The smallest absolute Gasteiger partial charge is 0.0240 e. The Hall–Kier alpha value is -0.120. The molecule has 0 bridgehead atoms. The van der Waals surface area contributed by atoms with Gasteiger partial charge in [0.2, 0.25) is 0 Å². The van der Waals surface area contributed by atoms with Gasteiger partial charge >= 0.3 is 0 Å². The zero-order valence-electron chi connectivity index (χ0n) is 12.6. The van der Waals surface area contributed by atoms with Crippen LogP contribution in [0.3, 0.4) is 0 Å². The number of nitrogens with zero attached hydrogens (tertiary/aromatic N) is 2. The average Bonchev–Trinajstić information content (AvgIpc) is 2.59. The zero-order chi connectivity index (χ0) is 13.1. The summed E-state index contributed by atoms with van der Waals surface area (Å²) in [6.07, 6.45) is 2.73. The minimum absolute atomic E-state index is 0.324. The van der Waals surface area contributed by atoms with Gasteiger partial charge in [0, 0.05) is 25.2 Å². The summed E-state index contributed by atoms with van der Waals surface area (Å²) in [5.74, 6) is 0. The van der Waals surface area contributed by atoms with E-state index in [9.17, 15) is 0 Å². The van der Waals surface area contributed by atoms with E-state index in [-0.39, 0.29) is 0 Å². The van der Waals surface area contributed by atoms with Gasteiger partial charge in [0.1, 0.15) is 0 Å². The summed E-state index contributed by atoms with van der Waals surface area (Å²) in [7, 11) is 6.58. The van der Waals surface area contributed by atoms with Crippen LogP contribution >= 0.6 is 0 Å². The highest BCUT2D eigenvalue weighted by Crippen LogP contribution is 2.21. The first-order valence-electron chi connectivity index (χ1n) is 6.90. The van der Waals surface area contributed by atoms with Gasteiger partial charge in [0.15, 0.2) is 0 Å². The molecule has 3 heteroatoms. The molecular weight excluding hydrogens is 210 g/mol. The van der Waals surface area contributed by atoms with Gasteiger partial charge in [0.25, 0.3) is 0 Å². The molecule has 1 N–H and O–H groups in total. The van der Waals surface area contributed by atoms with Crippen LogP contribution in [0.2, 0.25) is 0 Å². The number of hydrogen-bond donors (Lipinski definition) is 1. The first-order valence-corrected chi connectivity index (χ1v) is 6.90. The predicted molar refractivity (Wildman–Crippen MR) is 75.5 cm³/mol. The summed E-state index contributed by atoms with van der Waals surface area (Å²) in [4.78, 5) is 4.99. The van der Waals surface area contributed by atoms with Crippen LogP contribution in [0.25, 0.3) is 0 Å². The second-order valence-electron chi connectivity index (χ2n) is 6.71. The highest BCUT2D eigenvalue weighted by Gasteiger charge is 2.27. The quantitative estimate of drug-likeness (QED) is 0.789. The largest absolute Gasteiger partial charge is 0.315 e. The molecule has 1 rings (SSSR count). The fourth-order valence-corrected chi connectivity index (χ4v) is 2.75. The second kappa shape index (κ2) is 6.17. The van der Waals surface area contributed by atoms with Gasteiger partial charge in [-0.05, 0) is 45.9 Å². The Morgan fingerprint density at radius 2 is 2.06 bits per heavy atom. The summed E-state index contributed by atoms with van der Waals surface area (Å²) in [6, 6.07) is 1.32. The molecule has 2 unspecified atom stereocenters. The lowest BCUT2D eigenvalue weighted by molar-refractivity contribution is 0.168. The van der Waals surface area contributed by atoms with Crippen molar-refractivity contribution >= 4 is 0 Å². The minimum Gasteiger partial charge on any atom is -0.315 e. The van der Waals surface area contributed by atoms with Crippen molar-refractivity contribution in [1.82, 2.24) is 15.1 Å². The van der Waals surface area contributed by atoms with Crippen molar-refractivity contribution in [1.29, 1.82) is 0 Å². The van der Waals surface area contributed by atoms with Crippen molar-refractivity contribution in [2.45, 2.75) is 45.7 Å². The van der Waals surface area contributed by atoms with E-state index in [2.05, 4.69) is 57.0 Å². The molecule has 0 aliphatic carbocycles. The van der Waals surface area contributed by atoms with E-state index < -0.39 is 0 Å². The number of nitrogens with one attached hydrogen (secondary N) is 1. The van der Waals surface area contributed by atoms with Crippen molar-refractivity contribution in [3.63, 3.8) is 0 Å². The topological polar surface area (TPSA) is 18.5 Å². The Labute approximate surface area is 108 Å². The summed E-state index contributed by atoms with van der Waals surface area (Å²) < 4.78 is 0. The van der Waals surface area contributed by atoms with E-state index in [1.807, 2.05) is 0 Å². The first-order chi connectivity index (χ1) is 7.84. The Morgan fingerprint density at radius 1 is 1.41 bits per heavy atom. The van der Waals surface area contributed by atoms with Crippen LogP contribution in [0.15, 0.2) is 0 Å². The Kier molecular flexibility index (Phi) is 5.42. The maximum atomic E-state index is 3.45. The summed E-state index contributed by atoms with van der Waals surface area (Å²) in [5.41, 5.74) is 0.324. The highest BCUT2D eigenvalue weighted by molar-refractivity contribution is 4.84. The number of rotatable bonds is 5. The lowest BCUT2D eigenvalue weighted by Crippen LogP contribution is -2.48. The molecule has 3 nitrogen and oxygen atoms in total. The van der Waals surface area contributed by atoms with Crippen LogP contribution < -0.4 is 5.32 Å². The van der Waals surface area contributed by atoms with Crippen LogP contribution in [0.1, 0.15) is 33.6 Å². The molecular formula is C14H31N3. The average molecular weight is 241 g/mol. The van der Waals surface area contributed by atoms with Crippen LogP contribution in [0.4, 0.5) is 0 Å². The predicted octanol–water partition coefficient (Wildman–Crippen LogP) is 1.65. The van der Waals surface area contributed by atoms with Crippen molar-refractivity contribution in [2.75, 3.05) is 40.8 Å². The lowest BCUT2D eigenvalue weighted by atomic mass is 9.86. The third-order valence-electron chi connectivity index (χ3n) is 4.08. The zero-order valence-corrected chi connectivity index (χ0v) is 12.6. The van der Waals surface area contributed by atoms with Crippen molar-refractivity contribution < 1.29 is 0 Å². The van der Waals surface area contributed by atoms with E-state index >= 15 is 0 Å². The number of likely N-dealkylation sites (tertiary alicyclic amines) is 1. The third-order valence-corrected chi connectivity index (χ3v) is 4.08. The summed E-state index contributed by atoms with van der Waals surface area (Å²) in [5, 5.41) is 3.45. The second-order valence-corrected chi connectivity index (χ2v) is 6.71. The van der Waals surface area contributed by atoms with Gasteiger partial charge < -0.3 is 15.1 Å². The van der Waals surface area contributed by atoms with E-state index in [0.29, 0.717) is 11.5 Å². The molecule has 0 aromatic carbocycles. The molecule has 1 aliphatic rings. The van der Waals surface area contributed by atoms with E-state index in [0.717, 1.165) is 12.6 Å². The monoisotopic (exact) mass is 241 g/mol. The first kappa shape index (κ1) is 14.9. The van der Waals surface area contributed by atoms with Crippen LogP contribution in [-0.2, 0) is 0 Å². The normalized spacial score (nSPS) is 24.5. The maximum Gasteiger partial charge on any atom is 0.0240 e. The molecule has 0 spiro atoms. The summed E-state index contributed by atoms with van der Waals surface area (Å²) >= 11 is 0. The molecule has 0 saturated carbocycles. The molecule has 1 aliphatic heterocycles. The molecule has 102 valence electrons. The fraction of sp³-hybridized carbons (Fsp3) is 1.00. The molecule has 0 radical (unpaired) electrons. The Morgan fingerprint density at radius 3 is 2.47 bits per heavy atom. The molecule has 1 heterocycles. The van der Waals surface area contributed by atoms with Gasteiger partial charge in [0.05, 0.1) is 0 Å². The van der Waals surface area contributed by atoms with E-state index in [1.165, 1.54) is 25.9 Å². The number of hydrogen-bond acceptors (Lipinski definition) is 3. The molecule has 17 heavy (non-hydrogen) atoms. The minimum atomic E-state index is 0.324.